The molecule has 1 atom stereocenters. The maximum atomic E-state index is 13.3. The van der Waals surface area contributed by atoms with Gasteiger partial charge in [-0.25, -0.2) is 13.6 Å². The van der Waals surface area contributed by atoms with Crippen molar-refractivity contribution in [1.29, 1.82) is 0 Å². The number of Topliss-reactive ketones (excluding diaryl/α,β-unsaturated/α-hetero) is 1. The predicted octanol–water partition coefficient (Wildman–Crippen LogP) is 4.03. The molecule has 0 aliphatic rings. The summed E-state index contributed by atoms with van der Waals surface area (Å²) in [5, 5.41) is 0.756. The molecule has 0 N–H and O–H groups in total. The van der Waals surface area contributed by atoms with Crippen molar-refractivity contribution < 1.29 is 22.7 Å². The van der Waals surface area contributed by atoms with E-state index in [9.17, 15) is 18.4 Å². The molecule has 0 bridgehead atoms. The molecule has 0 aliphatic carbocycles. The Morgan fingerprint density at radius 1 is 1.08 bits per heavy atom. The molecule has 0 saturated heterocycles. The van der Waals surface area contributed by atoms with E-state index >= 15 is 0 Å². The van der Waals surface area contributed by atoms with Gasteiger partial charge in [0.2, 0.25) is 5.78 Å². The van der Waals surface area contributed by atoms with Crippen molar-refractivity contribution in [1.82, 2.24) is 0 Å². The van der Waals surface area contributed by atoms with Crippen LogP contribution in [0, 0.1) is 18.6 Å². The van der Waals surface area contributed by atoms with Gasteiger partial charge in [0, 0.05) is 23.1 Å². The zero-order valence-electron chi connectivity index (χ0n) is 13.5. The van der Waals surface area contributed by atoms with Gasteiger partial charge in [-0.05, 0) is 49.7 Å². The maximum Gasteiger partial charge on any atom is 0.336 e. The van der Waals surface area contributed by atoms with Crippen molar-refractivity contribution in [2.24, 2.45) is 0 Å². The van der Waals surface area contributed by atoms with Crippen LogP contribution in [0.1, 0.15) is 22.8 Å². The fourth-order valence-corrected chi connectivity index (χ4v) is 2.52. The van der Waals surface area contributed by atoms with Gasteiger partial charge in [0.05, 0.1) is 0 Å². The summed E-state index contributed by atoms with van der Waals surface area (Å²) in [6, 6.07) is 9.19. The SMILES string of the molecule is Cc1cc(=O)oc2cc(O[C@H](C)C(=O)c3ccc(F)c(F)c3)ccc12. The first kappa shape index (κ1) is 16.8. The van der Waals surface area contributed by atoms with E-state index in [0.29, 0.717) is 11.3 Å². The van der Waals surface area contributed by atoms with Gasteiger partial charge in [0.25, 0.3) is 0 Å². The summed E-state index contributed by atoms with van der Waals surface area (Å²) in [5.41, 5.74) is 0.640. The summed E-state index contributed by atoms with van der Waals surface area (Å²) in [6.45, 7) is 3.29. The molecule has 0 spiro atoms. The van der Waals surface area contributed by atoms with E-state index in [0.717, 1.165) is 23.1 Å². The lowest BCUT2D eigenvalue weighted by Gasteiger charge is -2.14. The van der Waals surface area contributed by atoms with Crippen LogP contribution in [0.3, 0.4) is 0 Å². The van der Waals surface area contributed by atoms with Crippen LogP contribution in [-0.2, 0) is 0 Å². The summed E-state index contributed by atoms with van der Waals surface area (Å²) in [7, 11) is 0. The molecular formula is C19H14F2O4. The number of ketones is 1. The number of halogens is 2. The normalized spacial score (nSPS) is 12.2. The summed E-state index contributed by atoms with van der Waals surface area (Å²) in [4.78, 5) is 23.8. The number of aryl methyl sites for hydroxylation is 1. The third kappa shape index (κ3) is 3.42. The van der Waals surface area contributed by atoms with E-state index in [4.69, 9.17) is 9.15 Å². The van der Waals surface area contributed by atoms with Crippen LogP contribution in [0.4, 0.5) is 8.78 Å². The van der Waals surface area contributed by atoms with Gasteiger partial charge in [0.15, 0.2) is 17.7 Å². The van der Waals surface area contributed by atoms with Crippen molar-refractivity contribution >= 4 is 16.8 Å². The number of hydrogen-bond donors (Lipinski definition) is 0. The minimum Gasteiger partial charge on any atom is -0.482 e. The lowest BCUT2D eigenvalue weighted by molar-refractivity contribution is 0.0817. The highest BCUT2D eigenvalue weighted by atomic mass is 19.2. The molecule has 128 valence electrons. The molecule has 1 aromatic heterocycles. The Labute approximate surface area is 141 Å². The largest absolute Gasteiger partial charge is 0.482 e. The topological polar surface area (TPSA) is 56.5 Å². The molecule has 6 heteroatoms. The predicted molar refractivity (Wildman–Crippen MR) is 88.0 cm³/mol. The second kappa shape index (κ2) is 6.47. The summed E-state index contributed by atoms with van der Waals surface area (Å²) in [5.74, 6) is -2.29. The number of carbonyl (C=O) groups is 1. The van der Waals surface area contributed by atoms with Crippen LogP contribution in [-0.4, -0.2) is 11.9 Å². The lowest BCUT2D eigenvalue weighted by atomic mass is 10.1. The maximum absolute atomic E-state index is 13.3. The summed E-state index contributed by atoms with van der Waals surface area (Å²) in [6.07, 6.45) is -0.932. The molecule has 25 heavy (non-hydrogen) atoms. The van der Waals surface area contributed by atoms with Gasteiger partial charge in [-0.2, -0.15) is 0 Å². The molecule has 0 unspecified atom stereocenters. The molecule has 2 aromatic carbocycles. The Morgan fingerprint density at radius 3 is 2.56 bits per heavy atom. The van der Waals surface area contributed by atoms with Crippen LogP contribution < -0.4 is 10.4 Å². The van der Waals surface area contributed by atoms with Crippen molar-refractivity contribution in [3.05, 3.63) is 75.6 Å². The molecular weight excluding hydrogens is 330 g/mol. The second-order valence-corrected chi connectivity index (χ2v) is 5.66. The number of rotatable bonds is 4. The minimum atomic E-state index is -1.10. The highest BCUT2D eigenvalue weighted by Crippen LogP contribution is 2.23. The number of benzene rings is 2. The first-order valence-corrected chi connectivity index (χ1v) is 7.55. The molecule has 0 aliphatic heterocycles. The van der Waals surface area contributed by atoms with Crippen molar-refractivity contribution in [3.8, 4) is 5.75 Å². The van der Waals surface area contributed by atoms with E-state index < -0.39 is 29.1 Å². The van der Waals surface area contributed by atoms with Gasteiger partial charge in [0.1, 0.15) is 11.3 Å². The van der Waals surface area contributed by atoms with Crippen molar-refractivity contribution in [3.63, 3.8) is 0 Å². The Hall–Kier alpha value is -3.02. The summed E-state index contributed by atoms with van der Waals surface area (Å²) < 4.78 is 36.9. The molecule has 4 nitrogen and oxygen atoms in total. The van der Waals surface area contributed by atoms with E-state index in [1.54, 1.807) is 19.1 Å². The number of carbonyl (C=O) groups excluding carboxylic acids is 1. The Bertz CT molecular complexity index is 1020. The van der Waals surface area contributed by atoms with Crippen LogP contribution >= 0.6 is 0 Å². The van der Waals surface area contributed by atoms with E-state index in [-0.39, 0.29) is 5.56 Å². The third-order valence-electron chi connectivity index (χ3n) is 3.81. The van der Waals surface area contributed by atoms with E-state index in [1.165, 1.54) is 25.1 Å². The van der Waals surface area contributed by atoms with Crippen LogP contribution in [0.2, 0.25) is 0 Å². The van der Waals surface area contributed by atoms with Gasteiger partial charge in [-0.15, -0.1) is 0 Å². The fourth-order valence-electron chi connectivity index (χ4n) is 2.52. The average molecular weight is 344 g/mol. The monoisotopic (exact) mass is 344 g/mol. The highest BCUT2D eigenvalue weighted by molar-refractivity contribution is 5.99. The van der Waals surface area contributed by atoms with Crippen molar-refractivity contribution in [2.45, 2.75) is 20.0 Å². The van der Waals surface area contributed by atoms with Gasteiger partial charge < -0.3 is 9.15 Å². The Kier molecular flexibility index (Phi) is 4.35. The third-order valence-corrected chi connectivity index (χ3v) is 3.81. The molecule has 0 radical (unpaired) electrons. The molecule has 3 aromatic rings. The quantitative estimate of drug-likeness (QED) is 0.530. The molecule has 1 heterocycles. The number of ether oxygens (including phenoxy) is 1. The molecule has 0 amide bonds. The standard InChI is InChI=1S/C19H14F2O4/c1-10-7-18(22)25-17-9-13(4-5-14(10)17)24-11(2)19(23)12-3-6-15(20)16(21)8-12/h3-9,11H,1-2H3/t11-/m1/s1. The van der Waals surface area contributed by atoms with E-state index in [1.807, 2.05) is 0 Å². The molecule has 0 saturated carbocycles. The number of fused-ring (bicyclic) bond motifs is 1. The Balaban J connectivity index is 1.85. The van der Waals surface area contributed by atoms with Crippen LogP contribution in [0.15, 0.2) is 51.7 Å². The highest BCUT2D eigenvalue weighted by Gasteiger charge is 2.19. The second-order valence-electron chi connectivity index (χ2n) is 5.66. The minimum absolute atomic E-state index is 0.00886. The fraction of sp³-hybridized carbons (Fsp3) is 0.158. The van der Waals surface area contributed by atoms with Crippen LogP contribution in [0.25, 0.3) is 11.0 Å². The molecule has 3 rings (SSSR count). The van der Waals surface area contributed by atoms with Crippen molar-refractivity contribution in [2.75, 3.05) is 0 Å². The van der Waals surface area contributed by atoms with Crippen LogP contribution in [0.5, 0.6) is 5.75 Å². The van der Waals surface area contributed by atoms with Gasteiger partial charge >= 0.3 is 5.63 Å². The van der Waals surface area contributed by atoms with Gasteiger partial charge in [-0.3, -0.25) is 4.79 Å². The zero-order valence-corrected chi connectivity index (χ0v) is 13.5. The first-order chi connectivity index (χ1) is 11.8. The Morgan fingerprint density at radius 2 is 1.84 bits per heavy atom. The average Bonchev–Trinajstić information content (AvgIpc) is 2.56. The number of hydrogen-bond acceptors (Lipinski definition) is 4. The van der Waals surface area contributed by atoms with E-state index in [2.05, 4.69) is 0 Å². The zero-order chi connectivity index (χ0) is 18.1. The summed E-state index contributed by atoms with van der Waals surface area (Å²) >= 11 is 0. The molecule has 0 fully saturated rings. The smallest absolute Gasteiger partial charge is 0.336 e. The first-order valence-electron chi connectivity index (χ1n) is 7.55. The lowest BCUT2D eigenvalue weighted by Crippen LogP contribution is -2.24. The van der Waals surface area contributed by atoms with Gasteiger partial charge in [-0.1, -0.05) is 0 Å².